The Morgan fingerprint density at radius 1 is 0.919 bits per heavy atom. The number of benzene rings is 1. The molecule has 0 spiro atoms. The fraction of sp³-hybridized carbons (Fsp3) is 0.250. The molecule has 2 aliphatic rings. The van der Waals surface area contributed by atoms with E-state index >= 15 is 0 Å². The van der Waals surface area contributed by atoms with E-state index in [4.69, 9.17) is 4.98 Å². The van der Waals surface area contributed by atoms with Crippen molar-refractivity contribution >= 4 is 17.2 Å². The number of allylic oxidation sites excluding steroid dienone is 4. The number of aliphatic imine (C=N–C) groups is 1. The fourth-order valence-electron chi connectivity index (χ4n) is 4.58. The van der Waals surface area contributed by atoms with Gasteiger partial charge in [-0.15, -0.1) is 0 Å². The Morgan fingerprint density at radius 2 is 1.76 bits per heavy atom. The predicted octanol–water partition coefficient (Wildman–Crippen LogP) is 6.58. The molecular formula is C32H32N4O. The molecule has 0 atom stereocenters. The van der Waals surface area contributed by atoms with Crippen LogP contribution >= 0.6 is 0 Å². The zero-order chi connectivity index (χ0) is 25.5. The number of hydrogen-bond acceptors (Lipinski definition) is 4. The standard InChI is InChI=1S/C32H32N4O/c1-2-3-18-35-32(37)26-16-14-24(15-17-26)23-10-12-25(13-11-23)27-21-30(28-8-4-6-19-33-28)36-31(22-27)29-9-5-7-20-34-29/h4-6,8-14,16,19,21-22H,2-3,7,15,17-18,20H2,1H3,(H,35,37). The summed E-state index contributed by atoms with van der Waals surface area (Å²) in [6.07, 6.45) is 14.8. The van der Waals surface area contributed by atoms with Crippen LogP contribution in [0.3, 0.4) is 0 Å². The normalized spacial score (nSPS) is 15.0. The summed E-state index contributed by atoms with van der Waals surface area (Å²) in [5, 5.41) is 3.02. The first-order valence-corrected chi connectivity index (χ1v) is 13.1. The summed E-state index contributed by atoms with van der Waals surface area (Å²) < 4.78 is 0. The minimum atomic E-state index is 0.0636. The quantitative estimate of drug-likeness (QED) is 0.364. The molecule has 0 fully saturated rings. The average Bonchev–Trinajstić information content (AvgIpc) is 2.98. The molecule has 1 amide bonds. The van der Waals surface area contributed by atoms with E-state index in [9.17, 15) is 4.79 Å². The molecule has 1 aromatic carbocycles. The van der Waals surface area contributed by atoms with Gasteiger partial charge in [-0.1, -0.05) is 61.9 Å². The van der Waals surface area contributed by atoms with Crippen molar-refractivity contribution in [1.29, 1.82) is 0 Å². The predicted molar refractivity (Wildman–Crippen MR) is 151 cm³/mol. The van der Waals surface area contributed by atoms with Crippen molar-refractivity contribution in [2.75, 3.05) is 13.1 Å². The molecule has 3 aromatic rings. The van der Waals surface area contributed by atoms with Gasteiger partial charge in [-0.3, -0.25) is 14.8 Å². The second-order valence-electron chi connectivity index (χ2n) is 9.37. The molecule has 1 N–H and O–H groups in total. The van der Waals surface area contributed by atoms with Crippen LogP contribution in [0.4, 0.5) is 0 Å². The molecule has 0 unspecified atom stereocenters. The van der Waals surface area contributed by atoms with Crippen LogP contribution in [0.1, 0.15) is 50.3 Å². The third kappa shape index (κ3) is 6.00. The monoisotopic (exact) mass is 488 g/mol. The van der Waals surface area contributed by atoms with Gasteiger partial charge in [0.25, 0.3) is 0 Å². The van der Waals surface area contributed by atoms with Gasteiger partial charge in [0.2, 0.25) is 5.91 Å². The Balaban J connectivity index is 1.40. The molecule has 0 bridgehead atoms. The number of nitrogens with one attached hydrogen (secondary N) is 1. The largest absolute Gasteiger partial charge is 0.352 e. The van der Waals surface area contributed by atoms with Crippen molar-refractivity contribution in [2.45, 2.75) is 39.0 Å². The Labute approximate surface area is 218 Å². The summed E-state index contributed by atoms with van der Waals surface area (Å²) in [5.41, 5.74) is 8.96. The lowest BCUT2D eigenvalue weighted by molar-refractivity contribution is -0.117. The summed E-state index contributed by atoms with van der Waals surface area (Å²) in [4.78, 5) is 26.5. The number of rotatable bonds is 8. The van der Waals surface area contributed by atoms with E-state index in [1.807, 2.05) is 24.3 Å². The van der Waals surface area contributed by atoms with Crippen LogP contribution in [0.15, 0.2) is 95.7 Å². The van der Waals surface area contributed by atoms with E-state index in [0.29, 0.717) is 0 Å². The SMILES string of the molecule is CCCCNC(=O)C1=CC=C(c2ccc(-c3cc(C4=NCCC=C4)nc(-c4ccccn4)c3)cc2)CC1. The van der Waals surface area contributed by atoms with Crippen LogP contribution in [0.2, 0.25) is 0 Å². The first kappa shape index (κ1) is 24.6. The Morgan fingerprint density at radius 3 is 2.46 bits per heavy atom. The third-order valence-corrected chi connectivity index (χ3v) is 6.71. The number of dihydropyridines is 1. The Hall–Kier alpha value is -4.12. The van der Waals surface area contributed by atoms with Crippen molar-refractivity contribution in [1.82, 2.24) is 15.3 Å². The molecule has 1 aliphatic heterocycles. The molecule has 3 heterocycles. The van der Waals surface area contributed by atoms with Crippen LogP contribution in [0.5, 0.6) is 0 Å². The molecule has 0 saturated heterocycles. The second kappa shape index (κ2) is 11.7. The summed E-state index contributed by atoms with van der Waals surface area (Å²) >= 11 is 0. The maximum atomic E-state index is 12.4. The zero-order valence-corrected chi connectivity index (χ0v) is 21.3. The Kier molecular flexibility index (Phi) is 7.80. The molecular weight excluding hydrogens is 456 g/mol. The molecule has 5 rings (SSSR count). The maximum Gasteiger partial charge on any atom is 0.247 e. The summed E-state index contributed by atoms with van der Waals surface area (Å²) in [6, 6.07) is 18.7. The molecule has 5 nitrogen and oxygen atoms in total. The van der Waals surface area contributed by atoms with E-state index in [0.717, 1.165) is 84.7 Å². The van der Waals surface area contributed by atoms with Crippen molar-refractivity contribution in [2.24, 2.45) is 4.99 Å². The third-order valence-electron chi connectivity index (χ3n) is 6.71. The van der Waals surface area contributed by atoms with Crippen molar-refractivity contribution in [3.8, 4) is 22.5 Å². The maximum absolute atomic E-state index is 12.4. The van der Waals surface area contributed by atoms with E-state index < -0.39 is 0 Å². The number of amides is 1. The van der Waals surface area contributed by atoms with Crippen LogP contribution < -0.4 is 5.32 Å². The first-order chi connectivity index (χ1) is 18.2. The molecule has 5 heteroatoms. The van der Waals surface area contributed by atoms with E-state index in [2.05, 4.69) is 76.8 Å². The van der Waals surface area contributed by atoms with Gasteiger partial charge in [-0.2, -0.15) is 0 Å². The minimum absolute atomic E-state index is 0.0636. The van der Waals surface area contributed by atoms with Gasteiger partial charge in [-0.05, 0) is 78.3 Å². The zero-order valence-electron chi connectivity index (χ0n) is 21.3. The second-order valence-corrected chi connectivity index (χ2v) is 9.37. The van der Waals surface area contributed by atoms with E-state index in [1.165, 1.54) is 11.1 Å². The highest BCUT2D eigenvalue weighted by Gasteiger charge is 2.15. The molecule has 186 valence electrons. The fourth-order valence-corrected chi connectivity index (χ4v) is 4.58. The lowest BCUT2D eigenvalue weighted by Crippen LogP contribution is -2.26. The van der Waals surface area contributed by atoms with Gasteiger partial charge in [0.15, 0.2) is 0 Å². The summed E-state index contributed by atoms with van der Waals surface area (Å²) in [6.45, 7) is 3.66. The lowest BCUT2D eigenvalue weighted by atomic mass is 9.91. The van der Waals surface area contributed by atoms with Crippen molar-refractivity contribution in [3.05, 3.63) is 102 Å². The number of carbonyl (C=O) groups excluding carboxylic acids is 1. The van der Waals surface area contributed by atoms with Crippen molar-refractivity contribution in [3.63, 3.8) is 0 Å². The molecule has 37 heavy (non-hydrogen) atoms. The molecule has 1 aliphatic carbocycles. The molecule has 0 radical (unpaired) electrons. The number of carbonyl (C=O) groups is 1. The number of hydrogen-bond donors (Lipinski definition) is 1. The number of nitrogens with zero attached hydrogens (tertiary/aromatic N) is 3. The highest BCUT2D eigenvalue weighted by atomic mass is 16.1. The summed E-state index contributed by atoms with van der Waals surface area (Å²) in [7, 11) is 0. The first-order valence-electron chi connectivity index (χ1n) is 13.1. The van der Waals surface area contributed by atoms with Gasteiger partial charge in [0.05, 0.1) is 22.8 Å². The van der Waals surface area contributed by atoms with Crippen LogP contribution in [-0.2, 0) is 4.79 Å². The van der Waals surface area contributed by atoms with Gasteiger partial charge < -0.3 is 5.32 Å². The molecule has 0 saturated carbocycles. The van der Waals surface area contributed by atoms with Gasteiger partial charge in [-0.25, -0.2) is 4.98 Å². The van der Waals surface area contributed by atoms with E-state index in [-0.39, 0.29) is 5.91 Å². The average molecular weight is 489 g/mol. The Bertz CT molecular complexity index is 1380. The van der Waals surface area contributed by atoms with Gasteiger partial charge >= 0.3 is 0 Å². The summed E-state index contributed by atoms with van der Waals surface area (Å²) in [5.74, 6) is 0.0636. The topological polar surface area (TPSA) is 67.2 Å². The van der Waals surface area contributed by atoms with Crippen LogP contribution in [0, 0.1) is 0 Å². The van der Waals surface area contributed by atoms with Crippen LogP contribution in [-0.4, -0.2) is 34.7 Å². The highest BCUT2D eigenvalue weighted by Crippen LogP contribution is 2.30. The molecule has 2 aromatic heterocycles. The lowest BCUT2D eigenvalue weighted by Gasteiger charge is -2.16. The van der Waals surface area contributed by atoms with Gasteiger partial charge in [0.1, 0.15) is 0 Å². The van der Waals surface area contributed by atoms with Crippen LogP contribution in [0.25, 0.3) is 28.1 Å². The number of pyridine rings is 2. The van der Waals surface area contributed by atoms with Crippen molar-refractivity contribution < 1.29 is 4.79 Å². The minimum Gasteiger partial charge on any atom is -0.352 e. The van der Waals surface area contributed by atoms with E-state index in [1.54, 1.807) is 6.20 Å². The number of aromatic nitrogens is 2. The highest BCUT2D eigenvalue weighted by molar-refractivity contribution is 6.08. The number of unbranched alkanes of at least 4 members (excludes halogenated alkanes) is 1. The smallest absolute Gasteiger partial charge is 0.247 e. The van der Waals surface area contributed by atoms with Gasteiger partial charge in [0, 0.05) is 24.9 Å².